The molecule has 1 aliphatic heterocycles. The molecule has 17 heavy (non-hydrogen) atoms. The van der Waals surface area contributed by atoms with Gasteiger partial charge in [-0.05, 0) is 36.6 Å². The third-order valence-corrected chi connectivity index (χ3v) is 2.90. The maximum absolute atomic E-state index is 12.3. The van der Waals surface area contributed by atoms with E-state index in [0.29, 0.717) is 5.92 Å². The van der Waals surface area contributed by atoms with Crippen molar-refractivity contribution >= 4 is 6.08 Å². The van der Waals surface area contributed by atoms with Crippen molar-refractivity contribution in [2.45, 2.75) is 12.6 Å². The molecule has 0 aliphatic carbocycles. The van der Waals surface area contributed by atoms with E-state index in [9.17, 15) is 13.2 Å². The maximum Gasteiger partial charge on any atom is 0.416 e. The van der Waals surface area contributed by atoms with E-state index in [1.54, 1.807) is 0 Å². The van der Waals surface area contributed by atoms with E-state index in [2.05, 4.69) is 11.4 Å². The highest BCUT2D eigenvalue weighted by Crippen LogP contribution is 2.29. The fraction of sp³-hybridized carbons (Fsp3) is 0.385. The van der Waals surface area contributed by atoms with Crippen LogP contribution in [0.25, 0.3) is 6.08 Å². The number of benzene rings is 1. The molecule has 1 aliphatic rings. The van der Waals surface area contributed by atoms with Crippen molar-refractivity contribution in [3.05, 3.63) is 41.5 Å². The van der Waals surface area contributed by atoms with Gasteiger partial charge in [0, 0.05) is 6.54 Å². The van der Waals surface area contributed by atoms with E-state index in [-0.39, 0.29) is 0 Å². The number of halogens is 3. The topological polar surface area (TPSA) is 12.0 Å². The van der Waals surface area contributed by atoms with Gasteiger partial charge in [-0.1, -0.05) is 24.3 Å². The lowest BCUT2D eigenvalue weighted by atomic mass is 10.1. The van der Waals surface area contributed by atoms with Crippen LogP contribution in [0.2, 0.25) is 0 Å². The minimum Gasteiger partial charge on any atom is -0.316 e. The zero-order valence-corrected chi connectivity index (χ0v) is 9.30. The zero-order valence-electron chi connectivity index (χ0n) is 9.30. The number of hydrogen-bond acceptors (Lipinski definition) is 1. The van der Waals surface area contributed by atoms with E-state index >= 15 is 0 Å². The van der Waals surface area contributed by atoms with Crippen LogP contribution in [0.4, 0.5) is 13.2 Å². The molecule has 1 aromatic rings. The van der Waals surface area contributed by atoms with E-state index in [1.165, 1.54) is 12.1 Å². The average molecular weight is 241 g/mol. The van der Waals surface area contributed by atoms with Gasteiger partial charge in [0.2, 0.25) is 0 Å². The molecule has 1 fully saturated rings. The third-order valence-electron chi connectivity index (χ3n) is 2.90. The molecule has 0 unspecified atom stereocenters. The van der Waals surface area contributed by atoms with Crippen molar-refractivity contribution < 1.29 is 13.2 Å². The molecule has 1 N–H and O–H groups in total. The van der Waals surface area contributed by atoms with Crippen LogP contribution in [-0.4, -0.2) is 13.1 Å². The molecule has 0 bridgehead atoms. The Labute approximate surface area is 98.3 Å². The molecule has 4 heteroatoms. The van der Waals surface area contributed by atoms with Crippen LogP contribution in [0.1, 0.15) is 17.5 Å². The number of alkyl halides is 3. The molecule has 0 aromatic heterocycles. The zero-order chi connectivity index (χ0) is 12.3. The minimum absolute atomic E-state index is 0.497. The average Bonchev–Trinajstić information content (AvgIpc) is 2.78. The van der Waals surface area contributed by atoms with Crippen molar-refractivity contribution in [3.8, 4) is 0 Å². The van der Waals surface area contributed by atoms with Gasteiger partial charge in [-0.3, -0.25) is 0 Å². The molecule has 0 amide bonds. The Morgan fingerprint density at radius 3 is 2.41 bits per heavy atom. The molecule has 0 spiro atoms. The van der Waals surface area contributed by atoms with Gasteiger partial charge < -0.3 is 5.32 Å². The SMILES string of the molecule is FC(F)(F)c1ccc(/C=C/[C@H]2CCNC2)cc1. The maximum atomic E-state index is 12.3. The molecule has 1 saturated heterocycles. The van der Waals surface area contributed by atoms with Crippen LogP contribution in [0.3, 0.4) is 0 Å². The van der Waals surface area contributed by atoms with Gasteiger partial charge in [-0.2, -0.15) is 13.2 Å². The van der Waals surface area contributed by atoms with Crippen LogP contribution < -0.4 is 5.32 Å². The van der Waals surface area contributed by atoms with E-state index in [1.807, 2.05) is 6.08 Å². The fourth-order valence-electron chi connectivity index (χ4n) is 1.87. The first-order valence-corrected chi connectivity index (χ1v) is 5.62. The van der Waals surface area contributed by atoms with Crippen LogP contribution in [0, 0.1) is 5.92 Å². The van der Waals surface area contributed by atoms with Gasteiger partial charge in [0.15, 0.2) is 0 Å². The van der Waals surface area contributed by atoms with Gasteiger partial charge in [0.25, 0.3) is 0 Å². The van der Waals surface area contributed by atoms with E-state index in [4.69, 9.17) is 0 Å². The summed E-state index contributed by atoms with van der Waals surface area (Å²) in [6.07, 6.45) is 0.787. The molecular formula is C13H14F3N. The molecule has 1 heterocycles. The van der Waals surface area contributed by atoms with Crippen LogP contribution in [0.15, 0.2) is 30.3 Å². The quantitative estimate of drug-likeness (QED) is 0.837. The summed E-state index contributed by atoms with van der Waals surface area (Å²) in [5.41, 5.74) is 0.210. The van der Waals surface area contributed by atoms with Gasteiger partial charge >= 0.3 is 6.18 Å². The fourth-order valence-corrected chi connectivity index (χ4v) is 1.87. The summed E-state index contributed by atoms with van der Waals surface area (Å²) < 4.78 is 37.0. The Hall–Kier alpha value is -1.29. The molecule has 1 nitrogen and oxygen atoms in total. The third kappa shape index (κ3) is 3.33. The van der Waals surface area contributed by atoms with Crippen molar-refractivity contribution in [3.63, 3.8) is 0 Å². The van der Waals surface area contributed by atoms with Gasteiger partial charge in [-0.25, -0.2) is 0 Å². The summed E-state index contributed by atoms with van der Waals surface area (Å²) in [7, 11) is 0. The van der Waals surface area contributed by atoms with Crippen LogP contribution in [0.5, 0.6) is 0 Å². The predicted molar refractivity (Wildman–Crippen MR) is 61.5 cm³/mol. The second kappa shape index (κ2) is 4.92. The van der Waals surface area contributed by atoms with Gasteiger partial charge in [0.05, 0.1) is 5.56 Å². The molecule has 1 atom stereocenters. The molecule has 92 valence electrons. The summed E-state index contributed by atoms with van der Waals surface area (Å²) >= 11 is 0. The molecule has 0 radical (unpaired) electrons. The molecular weight excluding hydrogens is 227 g/mol. The Bertz CT molecular complexity index is 386. The molecule has 2 rings (SSSR count). The van der Waals surface area contributed by atoms with Gasteiger partial charge in [-0.15, -0.1) is 0 Å². The number of rotatable bonds is 2. The summed E-state index contributed by atoms with van der Waals surface area (Å²) in [6, 6.07) is 5.24. The standard InChI is InChI=1S/C13H14F3N/c14-13(15,16)12-5-3-10(4-6-12)1-2-11-7-8-17-9-11/h1-6,11,17H,7-9H2/b2-1+/t11-/m0/s1. The Morgan fingerprint density at radius 2 is 1.88 bits per heavy atom. The minimum atomic E-state index is -4.25. The second-order valence-electron chi connectivity index (χ2n) is 4.23. The summed E-state index contributed by atoms with van der Waals surface area (Å²) in [5, 5.41) is 3.24. The van der Waals surface area contributed by atoms with Crippen molar-refractivity contribution in [2.75, 3.05) is 13.1 Å². The first-order valence-electron chi connectivity index (χ1n) is 5.62. The summed E-state index contributed by atoms with van der Waals surface area (Å²) in [5.74, 6) is 0.497. The lowest BCUT2D eigenvalue weighted by Gasteiger charge is -2.06. The van der Waals surface area contributed by atoms with E-state index in [0.717, 1.165) is 37.2 Å². The lowest BCUT2D eigenvalue weighted by molar-refractivity contribution is -0.137. The second-order valence-corrected chi connectivity index (χ2v) is 4.23. The Kier molecular flexibility index (Phi) is 3.52. The number of nitrogens with one attached hydrogen (secondary N) is 1. The van der Waals surface area contributed by atoms with E-state index < -0.39 is 11.7 Å². The highest BCUT2D eigenvalue weighted by atomic mass is 19.4. The monoisotopic (exact) mass is 241 g/mol. The largest absolute Gasteiger partial charge is 0.416 e. The van der Waals surface area contributed by atoms with Crippen molar-refractivity contribution in [1.82, 2.24) is 5.32 Å². The number of hydrogen-bond donors (Lipinski definition) is 1. The van der Waals surface area contributed by atoms with Gasteiger partial charge in [0.1, 0.15) is 0 Å². The Morgan fingerprint density at radius 1 is 1.18 bits per heavy atom. The molecule has 1 aromatic carbocycles. The summed E-state index contributed by atoms with van der Waals surface area (Å²) in [6.45, 7) is 1.97. The highest BCUT2D eigenvalue weighted by molar-refractivity contribution is 5.50. The van der Waals surface area contributed by atoms with Crippen LogP contribution >= 0.6 is 0 Å². The predicted octanol–water partition coefficient (Wildman–Crippen LogP) is 3.33. The Balaban J connectivity index is 2.02. The summed E-state index contributed by atoms with van der Waals surface area (Å²) in [4.78, 5) is 0. The first-order chi connectivity index (χ1) is 8.05. The lowest BCUT2D eigenvalue weighted by Crippen LogP contribution is -2.07. The van der Waals surface area contributed by atoms with Crippen molar-refractivity contribution in [1.29, 1.82) is 0 Å². The molecule has 0 saturated carbocycles. The first kappa shape index (κ1) is 12.2. The normalized spacial score (nSPS) is 21.2. The van der Waals surface area contributed by atoms with Crippen molar-refractivity contribution in [2.24, 2.45) is 5.92 Å². The smallest absolute Gasteiger partial charge is 0.316 e. The van der Waals surface area contributed by atoms with Crippen LogP contribution in [-0.2, 0) is 6.18 Å². The highest BCUT2D eigenvalue weighted by Gasteiger charge is 2.29.